The Kier molecular flexibility index (Phi) is 12.3. The second kappa shape index (κ2) is 16.3. The first-order valence-electron chi connectivity index (χ1n) is 17.0. The number of carbonyl (C=O) groups excluding carboxylic acids is 1. The van der Waals surface area contributed by atoms with Crippen LogP contribution in [0.15, 0.2) is 71.6 Å². The quantitative estimate of drug-likeness (QED) is 0.0864. The third kappa shape index (κ3) is 10.5. The van der Waals surface area contributed by atoms with Crippen LogP contribution in [0.1, 0.15) is 42.2 Å². The van der Waals surface area contributed by atoms with Crippen molar-refractivity contribution in [1.82, 2.24) is 9.21 Å². The number of rotatable bonds is 17. The number of fused-ring (bicyclic) bond motifs is 1. The number of hydrogen-bond acceptors (Lipinski definition) is 9. The number of benzene rings is 3. The van der Waals surface area contributed by atoms with Gasteiger partial charge in [-0.2, -0.15) is 4.31 Å². The first kappa shape index (κ1) is 37.8. The van der Waals surface area contributed by atoms with Crippen molar-refractivity contribution in [3.05, 3.63) is 89.0 Å². The van der Waals surface area contributed by atoms with Crippen molar-refractivity contribution >= 4 is 24.2 Å². The van der Waals surface area contributed by atoms with E-state index in [2.05, 4.69) is 19.6 Å². The molecule has 1 fully saturated rings. The summed E-state index contributed by atoms with van der Waals surface area (Å²) in [5.74, 6) is 0.847. The van der Waals surface area contributed by atoms with Crippen LogP contribution in [0, 0.1) is 0 Å². The third-order valence-corrected chi connectivity index (χ3v) is 12.0. The molecule has 272 valence electrons. The molecular weight excluding hydrogens is 677 g/mol. The zero-order valence-electron chi connectivity index (χ0n) is 30.0. The lowest BCUT2D eigenvalue weighted by Crippen LogP contribution is -2.35. The number of sulfonamides is 1. The Bertz CT molecular complexity index is 1710. The lowest BCUT2D eigenvalue weighted by molar-refractivity contribution is -0.180. The summed E-state index contributed by atoms with van der Waals surface area (Å²) in [6.07, 6.45) is 0.0242. The van der Waals surface area contributed by atoms with Gasteiger partial charge in [0.05, 0.1) is 31.3 Å². The zero-order chi connectivity index (χ0) is 35.9. The van der Waals surface area contributed by atoms with E-state index in [1.165, 1.54) is 11.4 Å². The maximum atomic E-state index is 13.0. The van der Waals surface area contributed by atoms with Crippen molar-refractivity contribution < 1.29 is 41.6 Å². The van der Waals surface area contributed by atoms with Gasteiger partial charge in [-0.15, -0.1) is 0 Å². The minimum atomic E-state index is -3.68. The van der Waals surface area contributed by atoms with Crippen LogP contribution in [-0.4, -0.2) is 84.3 Å². The van der Waals surface area contributed by atoms with Crippen molar-refractivity contribution in [3.8, 4) is 11.5 Å². The molecule has 2 aliphatic rings. The standard InChI is InChI=1S/C37H50N2O9SSi/c1-37(2)46-26-31-23-30(12-15-34(31)48-37)35-24-39(36(40)47-35)17-16-28-10-13-32(14-11-28)45-19-18-43-25-29-8-7-9-33(22-29)49(41,42)38(3)27-44-20-21-50(4,5)6/h7-15,22-23,35H,16-21,24-27H2,1-6H3/t35-/m0/s1. The van der Waals surface area contributed by atoms with E-state index in [0.717, 1.165) is 34.0 Å². The molecule has 50 heavy (non-hydrogen) atoms. The van der Waals surface area contributed by atoms with Crippen LogP contribution in [-0.2, 0) is 48.6 Å². The Morgan fingerprint density at radius 2 is 1.74 bits per heavy atom. The van der Waals surface area contributed by atoms with Crippen LogP contribution in [0.5, 0.6) is 11.5 Å². The molecule has 2 heterocycles. The zero-order valence-corrected chi connectivity index (χ0v) is 31.8. The molecule has 13 heteroatoms. The van der Waals surface area contributed by atoms with Gasteiger partial charge in [0.15, 0.2) is 0 Å². The summed E-state index contributed by atoms with van der Waals surface area (Å²) in [7, 11) is -3.40. The predicted octanol–water partition coefficient (Wildman–Crippen LogP) is 6.60. The minimum Gasteiger partial charge on any atom is -0.491 e. The Balaban J connectivity index is 1.00. The van der Waals surface area contributed by atoms with Gasteiger partial charge in [0, 0.05) is 47.7 Å². The van der Waals surface area contributed by atoms with E-state index >= 15 is 0 Å². The Labute approximate surface area is 297 Å². The molecule has 3 aromatic carbocycles. The van der Waals surface area contributed by atoms with E-state index < -0.39 is 23.9 Å². The summed E-state index contributed by atoms with van der Waals surface area (Å²) in [4.78, 5) is 14.6. The highest BCUT2D eigenvalue weighted by molar-refractivity contribution is 7.89. The molecule has 0 aromatic heterocycles. The van der Waals surface area contributed by atoms with E-state index in [9.17, 15) is 13.2 Å². The molecule has 0 bridgehead atoms. The van der Waals surface area contributed by atoms with Crippen LogP contribution in [0.2, 0.25) is 25.7 Å². The van der Waals surface area contributed by atoms with E-state index in [1.54, 1.807) is 23.1 Å². The third-order valence-electron chi connectivity index (χ3n) is 8.51. The van der Waals surface area contributed by atoms with E-state index in [4.69, 9.17) is 28.4 Å². The van der Waals surface area contributed by atoms with Gasteiger partial charge < -0.3 is 33.3 Å². The molecule has 1 saturated heterocycles. The van der Waals surface area contributed by atoms with Gasteiger partial charge in [-0.25, -0.2) is 13.2 Å². The Morgan fingerprint density at radius 3 is 2.50 bits per heavy atom. The van der Waals surface area contributed by atoms with Crippen LogP contribution in [0.3, 0.4) is 0 Å². The fourth-order valence-electron chi connectivity index (χ4n) is 5.46. The molecule has 11 nitrogen and oxygen atoms in total. The number of cyclic esters (lactones) is 1. The van der Waals surface area contributed by atoms with Crippen molar-refractivity contribution in [2.75, 3.05) is 46.7 Å². The van der Waals surface area contributed by atoms with Crippen molar-refractivity contribution in [2.45, 2.75) is 76.0 Å². The average molecular weight is 727 g/mol. The molecule has 0 unspecified atom stereocenters. The predicted molar refractivity (Wildman–Crippen MR) is 192 cm³/mol. The lowest BCUT2D eigenvalue weighted by atomic mass is 10.0. The van der Waals surface area contributed by atoms with Crippen molar-refractivity contribution in [3.63, 3.8) is 0 Å². The molecule has 1 atom stereocenters. The fraction of sp³-hybridized carbons (Fsp3) is 0.486. The van der Waals surface area contributed by atoms with E-state index in [1.807, 2.05) is 62.4 Å². The summed E-state index contributed by atoms with van der Waals surface area (Å²) < 4.78 is 61.9. The van der Waals surface area contributed by atoms with Crippen molar-refractivity contribution in [2.24, 2.45) is 0 Å². The highest BCUT2D eigenvalue weighted by Crippen LogP contribution is 2.35. The number of amides is 1. The second-order valence-corrected chi connectivity index (χ2v) is 22.0. The van der Waals surface area contributed by atoms with Gasteiger partial charge in [0.2, 0.25) is 15.8 Å². The molecule has 3 aromatic rings. The van der Waals surface area contributed by atoms with E-state index in [0.29, 0.717) is 51.7 Å². The minimum absolute atomic E-state index is 0.0157. The van der Waals surface area contributed by atoms with Crippen LogP contribution >= 0.6 is 0 Å². The summed E-state index contributed by atoms with van der Waals surface area (Å²) in [5.41, 5.74) is 3.71. The molecule has 5 rings (SSSR count). The number of hydrogen-bond donors (Lipinski definition) is 0. The second-order valence-electron chi connectivity index (χ2n) is 14.4. The first-order valence-corrected chi connectivity index (χ1v) is 22.2. The molecule has 0 radical (unpaired) electrons. The van der Waals surface area contributed by atoms with Gasteiger partial charge >= 0.3 is 6.09 Å². The largest absolute Gasteiger partial charge is 0.491 e. The van der Waals surface area contributed by atoms with E-state index in [-0.39, 0.29) is 30.4 Å². The van der Waals surface area contributed by atoms with Gasteiger partial charge in [-0.1, -0.05) is 50.0 Å². The lowest BCUT2D eigenvalue weighted by Gasteiger charge is -2.32. The highest BCUT2D eigenvalue weighted by atomic mass is 32.2. The summed E-state index contributed by atoms with van der Waals surface area (Å²) in [5, 5.41) is 0. The number of nitrogens with zero attached hydrogens (tertiary/aromatic N) is 2. The summed E-state index contributed by atoms with van der Waals surface area (Å²) >= 11 is 0. The average Bonchev–Trinajstić information content (AvgIpc) is 3.45. The molecule has 2 aliphatic heterocycles. The molecule has 0 aliphatic carbocycles. The maximum Gasteiger partial charge on any atom is 0.410 e. The summed E-state index contributed by atoms with van der Waals surface area (Å²) in [6, 6.07) is 21.4. The molecule has 0 saturated carbocycles. The normalized spacial score (nSPS) is 17.4. The monoisotopic (exact) mass is 726 g/mol. The number of ether oxygens (including phenoxy) is 6. The maximum absolute atomic E-state index is 13.0. The molecule has 0 spiro atoms. The Morgan fingerprint density at radius 1 is 0.960 bits per heavy atom. The molecular formula is C37H50N2O9SSi. The Hall–Kier alpha value is -3.46. The van der Waals surface area contributed by atoms with Crippen LogP contribution in [0.25, 0.3) is 0 Å². The molecule has 0 N–H and O–H groups in total. The topological polar surface area (TPSA) is 113 Å². The number of carbonyl (C=O) groups is 1. The van der Waals surface area contributed by atoms with Gasteiger partial charge in [-0.3, -0.25) is 0 Å². The molecule has 1 amide bonds. The van der Waals surface area contributed by atoms with Crippen LogP contribution < -0.4 is 9.47 Å². The van der Waals surface area contributed by atoms with Gasteiger partial charge in [0.25, 0.3) is 0 Å². The smallest absolute Gasteiger partial charge is 0.410 e. The van der Waals surface area contributed by atoms with Gasteiger partial charge in [-0.05, 0) is 65.6 Å². The van der Waals surface area contributed by atoms with Gasteiger partial charge in [0.1, 0.15) is 30.9 Å². The summed E-state index contributed by atoms with van der Waals surface area (Å²) in [6.45, 7) is 13.5. The fourth-order valence-corrected chi connectivity index (χ4v) is 7.34. The SMILES string of the molecule is CN(COCC[Si](C)(C)C)S(=O)(=O)c1cccc(COCCOc2ccc(CCN3C[C@@H](c4ccc5c(c4)COC(C)(C)O5)OC3=O)cc2)c1. The van der Waals surface area contributed by atoms with Crippen LogP contribution in [0.4, 0.5) is 4.79 Å². The highest BCUT2D eigenvalue weighted by Gasteiger charge is 2.34. The van der Waals surface area contributed by atoms with Crippen molar-refractivity contribution in [1.29, 1.82) is 0 Å². The first-order chi connectivity index (χ1) is 23.7.